The summed E-state index contributed by atoms with van der Waals surface area (Å²) >= 11 is 0. The Morgan fingerprint density at radius 2 is 2.09 bits per heavy atom. The Hall–Kier alpha value is -2.07. The number of aromatic amines is 1. The lowest BCUT2D eigenvalue weighted by atomic mass is 9.81. The van der Waals surface area contributed by atoms with Gasteiger partial charge in [0.05, 0.1) is 17.0 Å². The third kappa shape index (κ3) is 2.12. The van der Waals surface area contributed by atoms with Crippen molar-refractivity contribution >= 4 is 11.9 Å². The molecule has 0 amide bonds. The summed E-state index contributed by atoms with van der Waals surface area (Å²) in [6.07, 6.45) is 7.63. The second kappa shape index (κ2) is 4.96. The molecule has 1 spiro atoms. The van der Waals surface area contributed by atoms with Crippen LogP contribution in [0.15, 0.2) is 35.3 Å². The number of ether oxygens (including phenoxy) is 1. The van der Waals surface area contributed by atoms with Crippen molar-refractivity contribution in [3.05, 3.63) is 52.8 Å². The average Bonchev–Trinajstić information content (AvgIpc) is 3.20. The number of rotatable bonds is 1. The predicted molar refractivity (Wildman–Crippen MR) is 91.1 cm³/mol. The fourth-order valence-electron chi connectivity index (χ4n) is 4.27. The Balaban J connectivity index is 1.50. The van der Waals surface area contributed by atoms with Crippen LogP contribution in [0, 0.1) is 0 Å². The van der Waals surface area contributed by atoms with Gasteiger partial charge in [-0.15, -0.1) is 0 Å². The molecule has 2 aromatic rings. The first-order chi connectivity index (χ1) is 11.3. The number of hydrogen-bond acceptors (Lipinski definition) is 3. The van der Waals surface area contributed by atoms with E-state index in [0.717, 1.165) is 31.6 Å². The number of H-pyrrole nitrogens is 1. The van der Waals surface area contributed by atoms with Crippen molar-refractivity contribution < 1.29 is 4.74 Å². The Bertz CT molecular complexity index is 756. The van der Waals surface area contributed by atoms with Gasteiger partial charge < -0.3 is 15.0 Å². The van der Waals surface area contributed by atoms with Crippen LogP contribution in [0.5, 0.6) is 0 Å². The van der Waals surface area contributed by atoms with Gasteiger partial charge >= 0.3 is 0 Å². The largest absolute Gasteiger partial charge is 0.375 e. The molecule has 1 aromatic heterocycles. The van der Waals surface area contributed by atoms with E-state index < -0.39 is 0 Å². The Morgan fingerprint density at radius 3 is 2.91 bits per heavy atom. The minimum atomic E-state index is 0.00553. The molecule has 1 aliphatic carbocycles. The molecule has 0 radical (unpaired) electrons. The molecule has 1 saturated heterocycles. The molecule has 1 fully saturated rings. The summed E-state index contributed by atoms with van der Waals surface area (Å²) in [6, 6.07) is 10.4. The molecule has 23 heavy (non-hydrogen) atoms. The van der Waals surface area contributed by atoms with Crippen LogP contribution in [0.3, 0.4) is 0 Å². The number of aromatic nitrogens is 1. The van der Waals surface area contributed by atoms with E-state index in [-0.39, 0.29) is 11.8 Å². The molecular weight excluding hydrogens is 286 g/mol. The highest BCUT2D eigenvalue weighted by Crippen LogP contribution is 2.43. The predicted octanol–water partition coefficient (Wildman–Crippen LogP) is 3.60. The summed E-state index contributed by atoms with van der Waals surface area (Å²) in [4.78, 5) is 8.24. The van der Waals surface area contributed by atoms with E-state index >= 15 is 0 Å². The number of aliphatic imine (C=N–C) groups is 1. The second-order valence-electron chi connectivity index (χ2n) is 6.92. The Morgan fingerprint density at radius 1 is 1.17 bits per heavy atom. The van der Waals surface area contributed by atoms with E-state index in [1.807, 2.05) is 12.3 Å². The smallest absolute Gasteiger partial charge is 0.144 e. The highest BCUT2D eigenvalue weighted by Gasteiger charge is 2.40. The van der Waals surface area contributed by atoms with Gasteiger partial charge in [0, 0.05) is 24.9 Å². The van der Waals surface area contributed by atoms with Crippen LogP contribution in [-0.2, 0) is 17.6 Å². The zero-order valence-corrected chi connectivity index (χ0v) is 13.1. The molecule has 0 saturated carbocycles. The summed E-state index contributed by atoms with van der Waals surface area (Å²) in [5.74, 6) is 0. The number of aryl methyl sites for hydroxylation is 1. The van der Waals surface area contributed by atoms with Gasteiger partial charge in [0.25, 0.3) is 0 Å². The zero-order valence-electron chi connectivity index (χ0n) is 13.1. The molecule has 3 heterocycles. The third-order valence-corrected chi connectivity index (χ3v) is 5.48. The van der Waals surface area contributed by atoms with Crippen LogP contribution in [0.1, 0.15) is 47.9 Å². The van der Waals surface area contributed by atoms with Gasteiger partial charge in [-0.05, 0) is 36.8 Å². The number of nitrogens with zero attached hydrogens (tertiary/aromatic N) is 1. The van der Waals surface area contributed by atoms with Crippen molar-refractivity contribution in [3.8, 4) is 0 Å². The number of hydrogen-bond donors (Lipinski definition) is 2. The van der Waals surface area contributed by atoms with Crippen molar-refractivity contribution in [1.82, 2.24) is 4.98 Å². The number of benzene rings is 1. The topological polar surface area (TPSA) is 49.4 Å². The van der Waals surface area contributed by atoms with Gasteiger partial charge in [-0.1, -0.05) is 30.3 Å². The molecule has 2 atom stereocenters. The van der Waals surface area contributed by atoms with E-state index in [1.54, 1.807) is 0 Å². The van der Waals surface area contributed by atoms with E-state index in [1.165, 1.54) is 35.3 Å². The van der Waals surface area contributed by atoms with Crippen LogP contribution in [0.25, 0.3) is 0 Å². The Kier molecular flexibility index (Phi) is 2.89. The maximum atomic E-state index is 6.13. The lowest BCUT2D eigenvalue weighted by Crippen LogP contribution is -2.35. The molecule has 5 rings (SSSR count). The SMILES string of the molecule is C1=NC(c2ccccc2)Nc2c1[nH]c1c2CC2(CCCO2)CC1. The first-order valence-electron chi connectivity index (χ1n) is 8.55. The van der Waals surface area contributed by atoms with E-state index in [0.29, 0.717) is 0 Å². The molecule has 2 aliphatic heterocycles. The average molecular weight is 307 g/mol. The van der Waals surface area contributed by atoms with Crippen molar-refractivity contribution in [2.75, 3.05) is 11.9 Å². The summed E-state index contributed by atoms with van der Waals surface area (Å²) in [5.41, 5.74) is 6.42. The van der Waals surface area contributed by atoms with Gasteiger partial charge in [0.15, 0.2) is 0 Å². The molecule has 4 nitrogen and oxygen atoms in total. The van der Waals surface area contributed by atoms with Crippen molar-refractivity contribution in [1.29, 1.82) is 0 Å². The first-order valence-corrected chi connectivity index (χ1v) is 8.55. The van der Waals surface area contributed by atoms with E-state index in [2.05, 4.69) is 39.6 Å². The fourth-order valence-corrected chi connectivity index (χ4v) is 4.27. The normalized spacial score (nSPS) is 28.4. The Labute approximate surface area is 136 Å². The molecule has 3 aliphatic rings. The molecule has 4 heteroatoms. The van der Waals surface area contributed by atoms with Gasteiger partial charge in [-0.2, -0.15) is 0 Å². The van der Waals surface area contributed by atoms with Gasteiger partial charge in [-0.3, -0.25) is 4.99 Å². The minimum Gasteiger partial charge on any atom is -0.375 e. The molecule has 2 unspecified atom stereocenters. The standard InChI is InChI=1S/C19H21N3O/c1-2-5-13(6-3-1)18-20-12-16-17(22-18)14-11-19(8-4-10-23-19)9-7-15(14)21-16/h1-3,5-6,12,18,21-22H,4,7-11H2. The summed E-state index contributed by atoms with van der Waals surface area (Å²) in [7, 11) is 0. The van der Waals surface area contributed by atoms with Crippen LogP contribution < -0.4 is 5.32 Å². The van der Waals surface area contributed by atoms with Gasteiger partial charge in [0.2, 0.25) is 0 Å². The second-order valence-corrected chi connectivity index (χ2v) is 6.92. The maximum Gasteiger partial charge on any atom is 0.144 e. The zero-order chi connectivity index (χ0) is 15.3. The van der Waals surface area contributed by atoms with Crippen molar-refractivity contribution in [3.63, 3.8) is 0 Å². The summed E-state index contributed by atoms with van der Waals surface area (Å²) in [6.45, 7) is 0.920. The lowest BCUT2D eigenvalue weighted by molar-refractivity contribution is -0.00661. The highest BCUT2D eigenvalue weighted by molar-refractivity contribution is 5.90. The minimum absolute atomic E-state index is 0.00553. The van der Waals surface area contributed by atoms with Crippen LogP contribution in [0.4, 0.5) is 5.69 Å². The lowest BCUT2D eigenvalue weighted by Gasteiger charge is -2.33. The number of nitrogens with one attached hydrogen (secondary N) is 2. The highest BCUT2D eigenvalue weighted by atomic mass is 16.5. The number of fused-ring (bicyclic) bond motifs is 3. The third-order valence-electron chi connectivity index (χ3n) is 5.48. The molecule has 118 valence electrons. The molecular formula is C19H21N3O. The monoisotopic (exact) mass is 307 g/mol. The maximum absolute atomic E-state index is 6.13. The first kappa shape index (κ1) is 13.4. The molecule has 1 aromatic carbocycles. The van der Waals surface area contributed by atoms with Gasteiger partial charge in [0.1, 0.15) is 6.17 Å². The van der Waals surface area contributed by atoms with Crippen LogP contribution in [0.2, 0.25) is 0 Å². The fraction of sp³-hybridized carbons (Fsp3) is 0.421. The van der Waals surface area contributed by atoms with Gasteiger partial charge in [-0.25, -0.2) is 0 Å². The van der Waals surface area contributed by atoms with Crippen molar-refractivity contribution in [2.24, 2.45) is 4.99 Å². The van der Waals surface area contributed by atoms with E-state index in [4.69, 9.17) is 4.74 Å². The summed E-state index contributed by atoms with van der Waals surface area (Å²) < 4.78 is 6.13. The van der Waals surface area contributed by atoms with Crippen LogP contribution in [-0.4, -0.2) is 23.4 Å². The summed E-state index contributed by atoms with van der Waals surface area (Å²) in [5, 5.41) is 3.64. The van der Waals surface area contributed by atoms with Crippen LogP contribution >= 0.6 is 0 Å². The van der Waals surface area contributed by atoms with Crippen molar-refractivity contribution in [2.45, 2.75) is 43.9 Å². The van der Waals surface area contributed by atoms with E-state index in [9.17, 15) is 0 Å². The number of anilines is 1. The molecule has 2 N–H and O–H groups in total. The molecule has 0 bridgehead atoms. The quantitative estimate of drug-likeness (QED) is 0.846.